The number of nitrogens with one attached hydrogen (secondary N) is 2. The first-order chi connectivity index (χ1) is 16.3. The Labute approximate surface area is 207 Å². The van der Waals surface area contributed by atoms with Gasteiger partial charge in [-0.25, -0.2) is 17.7 Å². The first-order valence-corrected chi connectivity index (χ1v) is 13.0. The van der Waals surface area contributed by atoms with Crippen LogP contribution in [0.2, 0.25) is 0 Å². The molecule has 10 nitrogen and oxygen atoms in total. The number of hydrogen-bond acceptors (Lipinski definition) is 6. The van der Waals surface area contributed by atoms with E-state index in [1.807, 2.05) is 32.4 Å². The zero-order valence-electron chi connectivity index (χ0n) is 21.5. The lowest BCUT2D eigenvalue weighted by Gasteiger charge is -2.29. The van der Waals surface area contributed by atoms with Crippen LogP contribution in [0.5, 0.6) is 0 Å². The van der Waals surface area contributed by atoms with E-state index < -0.39 is 27.4 Å². The normalized spacial score (nSPS) is 15.9. The van der Waals surface area contributed by atoms with E-state index in [0.29, 0.717) is 24.5 Å². The molecule has 0 saturated carbocycles. The minimum absolute atomic E-state index is 0.185. The molecular formula is C24H36N6O4S. The average Bonchev–Trinajstić information content (AvgIpc) is 3.02. The van der Waals surface area contributed by atoms with Crippen molar-refractivity contribution < 1.29 is 18.0 Å². The van der Waals surface area contributed by atoms with E-state index >= 15 is 0 Å². The number of fused-ring (bicyclic) bond motifs is 1. The predicted molar refractivity (Wildman–Crippen MR) is 134 cm³/mol. The number of nitrogens with zero attached hydrogens (tertiary/aromatic N) is 4. The molecule has 0 saturated heterocycles. The lowest BCUT2D eigenvalue weighted by atomic mass is 9.86. The van der Waals surface area contributed by atoms with Gasteiger partial charge in [-0.15, -0.1) is 0 Å². The van der Waals surface area contributed by atoms with Crippen molar-refractivity contribution in [3.05, 3.63) is 35.7 Å². The summed E-state index contributed by atoms with van der Waals surface area (Å²) in [7, 11) is 2.96. The van der Waals surface area contributed by atoms with E-state index in [-0.39, 0.29) is 16.5 Å². The average molecular weight is 505 g/mol. The molecule has 1 aliphatic heterocycles. The summed E-state index contributed by atoms with van der Waals surface area (Å²) in [6, 6.07) is 5.79. The number of aromatic nitrogens is 2. The molecule has 2 aromatic rings. The molecule has 0 bridgehead atoms. The molecule has 0 fully saturated rings. The van der Waals surface area contributed by atoms with Gasteiger partial charge in [0.1, 0.15) is 11.9 Å². The van der Waals surface area contributed by atoms with Crippen molar-refractivity contribution in [2.75, 3.05) is 34.7 Å². The zero-order chi connectivity index (χ0) is 26.1. The summed E-state index contributed by atoms with van der Waals surface area (Å²) < 4.78 is 28.1. The Balaban J connectivity index is 2.06. The topological polar surface area (TPSA) is 117 Å². The lowest BCUT2D eigenvalue weighted by Crippen LogP contribution is -2.53. The number of amides is 2. The maximum Gasteiger partial charge on any atom is 0.272 e. The number of rotatable bonds is 6. The van der Waals surface area contributed by atoms with Crippen molar-refractivity contribution in [3.63, 3.8) is 0 Å². The van der Waals surface area contributed by atoms with Crippen LogP contribution in [0.15, 0.2) is 29.2 Å². The van der Waals surface area contributed by atoms with E-state index in [2.05, 4.69) is 15.5 Å². The van der Waals surface area contributed by atoms with Gasteiger partial charge in [0.15, 0.2) is 5.69 Å². The van der Waals surface area contributed by atoms with Gasteiger partial charge in [-0.1, -0.05) is 20.8 Å². The summed E-state index contributed by atoms with van der Waals surface area (Å²) in [6.07, 6.45) is 0.879. The minimum Gasteiger partial charge on any atom is -0.357 e. The van der Waals surface area contributed by atoms with E-state index in [1.165, 1.54) is 18.4 Å². The molecule has 2 heterocycles. The van der Waals surface area contributed by atoms with Crippen LogP contribution in [0.1, 0.15) is 43.4 Å². The number of sulfonamides is 1. The molecule has 2 amide bonds. The highest BCUT2D eigenvalue weighted by molar-refractivity contribution is 7.89. The third-order valence-electron chi connectivity index (χ3n) is 6.17. The number of hydrogen-bond donors (Lipinski definition) is 2. The van der Waals surface area contributed by atoms with Crippen molar-refractivity contribution >= 4 is 21.8 Å². The van der Waals surface area contributed by atoms with Gasteiger partial charge in [-0.3, -0.25) is 9.59 Å². The maximum absolute atomic E-state index is 13.4. The predicted octanol–water partition coefficient (Wildman–Crippen LogP) is 1.53. The highest BCUT2D eigenvalue weighted by Crippen LogP contribution is 2.28. The monoisotopic (exact) mass is 504 g/mol. The van der Waals surface area contributed by atoms with E-state index in [9.17, 15) is 18.0 Å². The molecule has 1 aromatic carbocycles. The van der Waals surface area contributed by atoms with Gasteiger partial charge in [0.05, 0.1) is 10.6 Å². The van der Waals surface area contributed by atoms with Gasteiger partial charge in [-0.2, -0.15) is 0 Å². The standard InChI is InChI=1S/C24H36N6O4S/c1-24(2,3)20(23(32)25-4)27-22(31)19-18-15-29(7)13-8-14-30(18)21(26-19)16-9-11-17(12-10-16)35(33,34)28(5)6/h9-12,20H,8,13-15H2,1-7H3,(H,25,32)(H,27,31). The maximum atomic E-state index is 13.4. The quantitative estimate of drug-likeness (QED) is 0.616. The Morgan fingerprint density at radius 2 is 1.74 bits per heavy atom. The molecule has 1 unspecified atom stereocenters. The van der Waals surface area contributed by atoms with Crippen LogP contribution < -0.4 is 10.6 Å². The second kappa shape index (κ2) is 10.1. The Bertz CT molecular complexity index is 1200. The van der Waals surface area contributed by atoms with Crippen LogP contribution >= 0.6 is 0 Å². The molecule has 1 aromatic heterocycles. The van der Waals surface area contributed by atoms with Crippen molar-refractivity contribution in [2.24, 2.45) is 5.41 Å². The largest absolute Gasteiger partial charge is 0.357 e. The molecule has 0 spiro atoms. The highest BCUT2D eigenvalue weighted by atomic mass is 32.2. The fraction of sp³-hybridized carbons (Fsp3) is 0.542. The summed E-state index contributed by atoms with van der Waals surface area (Å²) in [5, 5.41) is 5.51. The molecule has 1 atom stereocenters. The van der Waals surface area contributed by atoms with Gasteiger partial charge >= 0.3 is 0 Å². The molecule has 11 heteroatoms. The van der Waals surface area contributed by atoms with Gasteiger partial charge < -0.3 is 20.1 Å². The number of imidazole rings is 1. The van der Waals surface area contributed by atoms with Crippen LogP contribution in [0.25, 0.3) is 11.4 Å². The molecule has 1 aliphatic rings. The summed E-state index contributed by atoms with van der Waals surface area (Å²) in [5.74, 6) is -0.0849. The van der Waals surface area contributed by atoms with Crippen LogP contribution in [0.3, 0.4) is 0 Å². The van der Waals surface area contributed by atoms with Gasteiger partial charge in [0.25, 0.3) is 5.91 Å². The number of likely N-dealkylation sites (N-methyl/N-ethyl adjacent to an activating group) is 1. The van der Waals surface area contributed by atoms with Crippen molar-refractivity contribution in [1.82, 2.24) is 29.4 Å². The van der Waals surface area contributed by atoms with Crippen molar-refractivity contribution in [1.29, 1.82) is 0 Å². The Morgan fingerprint density at radius 1 is 1.11 bits per heavy atom. The molecule has 0 radical (unpaired) electrons. The number of benzene rings is 1. The van der Waals surface area contributed by atoms with Gasteiger partial charge in [-0.05, 0) is 49.7 Å². The number of carbonyl (C=O) groups excluding carboxylic acids is 2. The van der Waals surface area contributed by atoms with Crippen LogP contribution in [-0.4, -0.2) is 79.8 Å². The van der Waals surface area contributed by atoms with Gasteiger partial charge in [0, 0.05) is 39.8 Å². The van der Waals surface area contributed by atoms with Crippen molar-refractivity contribution in [2.45, 2.75) is 51.2 Å². The summed E-state index contributed by atoms with van der Waals surface area (Å²) >= 11 is 0. The van der Waals surface area contributed by atoms with Gasteiger partial charge in [0.2, 0.25) is 15.9 Å². The Hall–Kier alpha value is -2.76. The fourth-order valence-electron chi connectivity index (χ4n) is 4.13. The van der Waals surface area contributed by atoms with Crippen LogP contribution in [0.4, 0.5) is 0 Å². The first-order valence-electron chi connectivity index (χ1n) is 11.6. The van der Waals surface area contributed by atoms with Crippen molar-refractivity contribution in [3.8, 4) is 11.4 Å². The third kappa shape index (κ3) is 5.57. The highest BCUT2D eigenvalue weighted by Gasteiger charge is 2.34. The summed E-state index contributed by atoms with van der Waals surface area (Å²) in [5.41, 5.74) is 1.26. The van der Waals surface area contributed by atoms with Crippen LogP contribution in [-0.2, 0) is 27.9 Å². The zero-order valence-corrected chi connectivity index (χ0v) is 22.4. The second-order valence-electron chi connectivity index (χ2n) is 10.2. The molecule has 3 rings (SSSR count). The SMILES string of the molecule is CNC(=O)C(NC(=O)c1nc(-c2ccc(S(=O)(=O)N(C)C)cc2)n2c1CN(C)CCC2)C(C)(C)C. The molecular weight excluding hydrogens is 468 g/mol. The lowest BCUT2D eigenvalue weighted by molar-refractivity contribution is -0.124. The first kappa shape index (κ1) is 26.8. The molecule has 35 heavy (non-hydrogen) atoms. The minimum atomic E-state index is -3.56. The Kier molecular flexibility index (Phi) is 7.73. The van der Waals surface area contributed by atoms with E-state index in [4.69, 9.17) is 4.98 Å². The molecule has 2 N–H and O–H groups in total. The van der Waals surface area contributed by atoms with E-state index in [1.54, 1.807) is 31.3 Å². The summed E-state index contributed by atoms with van der Waals surface area (Å²) in [6.45, 7) is 7.75. The Morgan fingerprint density at radius 3 is 2.29 bits per heavy atom. The molecule has 192 valence electrons. The molecule has 0 aliphatic carbocycles. The van der Waals surface area contributed by atoms with E-state index in [0.717, 1.165) is 18.7 Å². The third-order valence-corrected chi connectivity index (χ3v) is 8.00. The summed E-state index contributed by atoms with van der Waals surface area (Å²) in [4.78, 5) is 33.0. The fourth-order valence-corrected chi connectivity index (χ4v) is 5.03. The number of carbonyl (C=O) groups is 2. The van der Waals surface area contributed by atoms with Crippen LogP contribution in [0, 0.1) is 5.41 Å². The second-order valence-corrected chi connectivity index (χ2v) is 12.3. The smallest absolute Gasteiger partial charge is 0.272 e.